The van der Waals surface area contributed by atoms with Gasteiger partial charge in [-0.1, -0.05) is 60.2 Å². The Labute approximate surface area is 193 Å². The third kappa shape index (κ3) is 3.95. The van der Waals surface area contributed by atoms with Crippen molar-refractivity contribution < 1.29 is 14.4 Å². The Morgan fingerprint density at radius 1 is 1.00 bits per heavy atom. The molecule has 2 unspecified atom stereocenters. The number of fused-ring (bicyclic) bond motifs is 2. The van der Waals surface area contributed by atoms with Crippen LogP contribution in [-0.2, 0) is 11.4 Å². The molecule has 1 saturated heterocycles. The first kappa shape index (κ1) is 20.2. The summed E-state index contributed by atoms with van der Waals surface area (Å²) in [4.78, 5) is 35.2. The molecule has 1 saturated carbocycles. The van der Waals surface area contributed by atoms with Crippen LogP contribution in [-0.4, -0.2) is 59.6 Å². The highest BCUT2D eigenvalue weighted by Gasteiger charge is 2.39. The van der Waals surface area contributed by atoms with Crippen LogP contribution in [0, 0.1) is 11.8 Å². The average molecular weight is 442 g/mol. The van der Waals surface area contributed by atoms with Gasteiger partial charge >= 0.3 is 6.09 Å². The molecule has 0 N–H and O–H groups in total. The molecule has 33 heavy (non-hydrogen) atoms. The van der Waals surface area contributed by atoms with E-state index in [9.17, 15) is 9.59 Å². The molecule has 2 aliphatic heterocycles. The molecule has 2 amide bonds. The first-order valence-corrected chi connectivity index (χ1v) is 11.7. The van der Waals surface area contributed by atoms with E-state index in [1.54, 1.807) is 4.90 Å². The number of amides is 2. The number of hydroxylamine groups is 2. The van der Waals surface area contributed by atoms with Gasteiger partial charge in [-0.3, -0.25) is 9.69 Å². The molecule has 168 valence electrons. The van der Waals surface area contributed by atoms with Gasteiger partial charge in [-0.05, 0) is 47.1 Å². The zero-order chi connectivity index (χ0) is 22.4. The second-order valence-electron chi connectivity index (χ2n) is 9.33. The lowest BCUT2D eigenvalue weighted by Crippen LogP contribution is -2.50. The zero-order valence-electron chi connectivity index (χ0n) is 18.5. The van der Waals surface area contributed by atoms with Crippen LogP contribution >= 0.6 is 0 Å². The molecule has 6 rings (SSSR count). The van der Waals surface area contributed by atoms with Crippen LogP contribution in [0.4, 0.5) is 4.79 Å². The van der Waals surface area contributed by atoms with Crippen molar-refractivity contribution in [1.29, 1.82) is 0 Å². The maximum atomic E-state index is 12.8. The Morgan fingerprint density at radius 3 is 2.64 bits per heavy atom. The summed E-state index contributed by atoms with van der Waals surface area (Å²) in [5.74, 6) is 1.24. The van der Waals surface area contributed by atoms with Crippen LogP contribution in [0.25, 0.3) is 11.1 Å². The first-order chi connectivity index (χ1) is 16.2. The number of allylic oxidation sites excluding steroid dienone is 3. The summed E-state index contributed by atoms with van der Waals surface area (Å²) in [6, 6.07) is 15.8. The van der Waals surface area contributed by atoms with Crippen molar-refractivity contribution in [2.45, 2.75) is 13.0 Å². The SMILES string of the molecule is O=C(ON1Cc2cc(-c3ccccc3)ccc2C1=O)N1CCN(CC2=CC=CC3CC23)CC1. The van der Waals surface area contributed by atoms with Gasteiger partial charge in [-0.2, -0.15) is 5.06 Å². The van der Waals surface area contributed by atoms with Gasteiger partial charge in [0.1, 0.15) is 0 Å². The molecule has 2 aliphatic carbocycles. The Bertz CT molecular complexity index is 1150. The topological polar surface area (TPSA) is 53.1 Å². The van der Waals surface area contributed by atoms with Gasteiger partial charge in [0.05, 0.1) is 6.54 Å². The normalized spacial score (nSPS) is 23.8. The van der Waals surface area contributed by atoms with Crippen molar-refractivity contribution in [3.63, 3.8) is 0 Å². The van der Waals surface area contributed by atoms with Gasteiger partial charge < -0.3 is 9.74 Å². The van der Waals surface area contributed by atoms with E-state index < -0.39 is 6.09 Å². The van der Waals surface area contributed by atoms with E-state index in [-0.39, 0.29) is 12.5 Å². The van der Waals surface area contributed by atoms with E-state index in [1.807, 2.05) is 48.5 Å². The van der Waals surface area contributed by atoms with Crippen molar-refractivity contribution >= 4 is 12.0 Å². The van der Waals surface area contributed by atoms with Crippen LogP contribution in [0.1, 0.15) is 22.3 Å². The predicted octanol–water partition coefficient (Wildman–Crippen LogP) is 4.11. The van der Waals surface area contributed by atoms with Crippen molar-refractivity contribution in [2.75, 3.05) is 32.7 Å². The molecule has 4 aliphatic rings. The minimum atomic E-state index is -0.443. The van der Waals surface area contributed by atoms with Gasteiger partial charge in [-0.25, -0.2) is 4.79 Å². The van der Waals surface area contributed by atoms with Gasteiger partial charge in [-0.15, -0.1) is 0 Å². The molecule has 2 atom stereocenters. The monoisotopic (exact) mass is 441 g/mol. The van der Waals surface area contributed by atoms with Gasteiger partial charge in [0, 0.05) is 38.3 Å². The second kappa shape index (κ2) is 8.19. The van der Waals surface area contributed by atoms with Crippen LogP contribution in [0.5, 0.6) is 0 Å². The summed E-state index contributed by atoms with van der Waals surface area (Å²) in [5, 5.41) is 1.19. The summed E-state index contributed by atoms with van der Waals surface area (Å²) in [5.41, 5.74) is 5.15. The molecule has 2 aromatic rings. The Morgan fingerprint density at radius 2 is 1.82 bits per heavy atom. The van der Waals surface area contributed by atoms with Crippen molar-refractivity contribution in [1.82, 2.24) is 14.9 Å². The molecule has 2 fully saturated rings. The number of carbonyl (C=O) groups is 2. The van der Waals surface area contributed by atoms with E-state index in [0.29, 0.717) is 18.7 Å². The van der Waals surface area contributed by atoms with Crippen LogP contribution in [0.2, 0.25) is 0 Å². The highest BCUT2D eigenvalue weighted by Crippen LogP contribution is 2.47. The van der Waals surface area contributed by atoms with E-state index in [0.717, 1.165) is 48.2 Å². The molecule has 2 aromatic carbocycles. The lowest BCUT2D eigenvalue weighted by molar-refractivity contribution is -0.0853. The number of hydrogen-bond acceptors (Lipinski definition) is 4. The fraction of sp³-hybridized carbons (Fsp3) is 0.333. The summed E-state index contributed by atoms with van der Waals surface area (Å²) in [6.45, 7) is 4.14. The largest absolute Gasteiger partial charge is 0.434 e. The molecule has 0 radical (unpaired) electrons. The van der Waals surface area contributed by atoms with Gasteiger partial charge in [0.2, 0.25) is 0 Å². The van der Waals surface area contributed by atoms with Crippen molar-refractivity contribution in [2.24, 2.45) is 11.8 Å². The number of hydrogen-bond donors (Lipinski definition) is 0. The maximum Gasteiger partial charge on any atom is 0.434 e. The van der Waals surface area contributed by atoms with E-state index in [2.05, 4.69) is 23.1 Å². The zero-order valence-corrected chi connectivity index (χ0v) is 18.5. The fourth-order valence-electron chi connectivity index (χ4n) is 5.15. The van der Waals surface area contributed by atoms with Crippen molar-refractivity contribution in [3.8, 4) is 11.1 Å². The van der Waals surface area contributed by atoms with Crippen LogP contribution < -0.4 is 0 Å². The predicted molar refractivity (Wildman–Crippen MR) is 125 cm³/mol. The Balaban J connectivity index is 1.04. The second-order valence-corrected chi connectivity index (χ2v) is 9.33. The standard InChI is InChI=1S/C27H27N3O3/c31-26-24-10-9-20(19-5-2-1-3-6-19)15-23(24)18-30(26)33-27(32)29-13-11-28(12-14-29)17-22-8-4-7-21-16-25(21)22/h1-10,15,21,25H,11-14,16-18H2. The fourth-order valence-corrected chi connectivity index (χ4v) is 5.15. The smallest absolute Gasteiger partial charge is 0.318 e. The third-order valence-corrected chi connectivity index (χ3v) is 7.19. The third-order valence-electron chi connectivity index (χ3n) is 7.19. The summed E-state index contributed by atoms with van der Waals surface area (Å²) >= 11 is 0. The number of nitrogens with zero attached hydrogens (tertiary/aromatic N) is 3. The number of rotatable bonds is 4. The number of piperazine rings is 1. The molecule has 0 aromatic heterocycles. The maximum absolute atomic E-state index is 12.8. The van der Waals surface area contributed by atoms with Gasteiger partial charge in [0.25, 0.3) is 5.91 Å². The Kier molecular flexibility index (Phi) is 5.03. The highest BCUT2D eigenvalue weighted by atomic mass is 16.7. The minimum Gasteiger partial charge on any atom is -0.318 e. The average Bonchev–Trinajstić information content (AvgIpc) is 3.59. The molecule has 6 nitrogen and oxygen atoms in total. The number of benzene rings is 2. The van der Waals surface area contributed by atoms with E-state index in [4.69, 9.17) is 4.84 Å². The van der Waals surface area contributed by atoms with E-state index >= 15 is 0 Å². The summed E-state index contributed by atoms with van der Waals surface area (Å²) < 4.78 is 0. The molecular formula is C27H27N3O3. The summed E-state index contributed by atoms with van der Waals surface area (Å²) in [6.07, 6.45) is 7.59. The molecule has 0 bridgehead atoms. The molecular weight excluding hydrogens is 414 g/mol. The molecule has 6 heteroatoms. The van der Waals surface area contributed by atoms with Gasteiger partial charge in [0.15, 0.2) is 0 Å². The van der Waals surface area contributed by atoms with Crippen molar-refractivity contribution in [3.05, 3.63) is 83.5 Å². The first-order valence-electron chi connectivity index (χ1n) is 11.7. The van der Waals surface area contributed by atoms with Crippen LogP contribution in [0.3, 0.4) is 0 Å². The quantitative estimate of drug-likeness (QED) is 0.717. The molecule has 2 heterocycles. The lowest BCUT2D eigenvalue weighted by Gasteiger charge is -2.35. The number of carbonyl (C=O) groups excluding carboxylic acids is 2. The summed E-state index contributed by atoms with van der Waals surface area (Å²) in [7, 11) is 0. The Hall–Kier alpha value is -3.38. The van der Waals surface area contributed by atoms with E-state index in [1.165, 1.54) is 17.1 Å². The molecule has 0 spiro atoms. The lowest BCUT2D eigenvalue weighted by atomic mass is 10.0. The van der Waals surface area contributed by atoms with Crippen LogP contribution in [0.15, 0.2) is 72.3 Å². The highest BCUT2D eigenvalue weighted by molar-refractivity contribution is 5.98. The minimum absolute atomic E-state index is 0.257.